The number of ether oxygens (including phenoxy) is 6. The second-order valence-corrected chi connectivity index (χ2v) is 26.7. The molecular weight excluding hydrogens is 1190 g/mol. The maximum atomic E-state index is 13.4. The lowest BCUT2D eigenvalue weighted by molar-refractivity contribution is -0.379. The van der Waals surface area contributed by atoms with Crippen molar-refractivity contribution in [3.05, 3.63) is 48.6 Å². The largest absolute Gasteiger partial charge is 0.394 e. The van der Waals surface area contributed by atoms with Crippen LogP contribution < -0.4 is 5.32 Å². The van der Waals surface area contributed by atoms with Gasteiger partial charge in [-0.1, -0.05) is 255 Å². The van der Waals surface area contributed by atoms with Gasteiger partial charge in [0.15, 0.2) is 18.9 Å². The normalized spacial score (nSPS) is 27.8. The third-order valence-corrected chi connectivity index (χ3v) is 18.6. The summed E-state index contributed by atoms with van der Waals surface area (Å²) in [5.41, 5.74) is 0. The van der Waals surface area contributed by atoms with Crippen molar-refractivity contribution in [2.45, 2.75) is 388 Å². The minimum Gasteiger partial charge on any atom is -0.394 e. The van der Waals surface area contributed by atoms with Gasteiger partial charge in [0.25, 0.3) is 0 Å². The molecule has 19 heteroatoms. The number of aliphatic hydroxyl groups excluding tert-OH is 11. The zero-order chi connectivity index (χ0) is 67.5. The van der Waals surface area contributed by atoms with Gasteiger partial charge < -0.3 is 89.9 Å². The van der Waals surface area contributed by atoms with Crippen molar-refractivity contribution in [2.75, 3.05) is 26.4 Å². The van der Waals surface area contributed by atoms with Crippen LogP contribution in [0.25, 0.3) is 0 Å². The number of amides is 1. The van der Waals surface area contributed by atoms with Crippen molar-refractivity contribution >= 4 is 5.91 Å². The number of hydrogen-bond acceptors (Lipinski definition) is 18. The van der Waals surface area contributed by atoms with Crippen LogP contribution in [0.2, 0.25) is 0 Å². The molecule has 0 aromatic heterocycles. The maximum Gasteiger partial charge on any atom is 0.220 e. The Labute approximate surface area is 561 Å². The first kappa shape index (κ1) is 85.0. The third kappa shape index (κ3) is 37.0. The van der Waals surface area contributed by atoms with Crippen molar-refractivity contribution in [1.82, 2.24) is 5.32 Å². The van der Waals surface area contributed by atoms with E-state index in [-0.39, 0.29) is 18.9 Å². The highest BCUT2D eigenvalue weighted by atomic mass is 16.8. The fraction of sp³-hybridized carbons (Fsp3) is 0.878. The average molecular weight is 1330 g/mol. The first-order valence-corrected chi connectivity index (χ1v) is 37.4. The van der Waals surface area contributed by atoms with E-state index in [0.29, 0.717) is 12.8 Å². The number of carbonyl (C=O) groups is 1. The quantitative estimate of drug-likeness (QED) is 0.0199. The first-order valence-electron chi connectivity index (χ1n) is 37.4. The van der Waals surface area contributed by atoms with Crippen molar-refractivity contribution in [2.24, 2.45) is 0 Å². The maximum absolute atomic E-state index is 13.4. The lowest BCUT2D eigenvalue weighted by Crippen LogP contribution is -2.66. The van der Waals surface area contributed by atoms with Crippen LogP contribution in [0.1, 0.15) is 284 Å². The SMILES string of the molecule is CCCCC/C=C/CC/C=C/CC/C=C/C(O)C(COC1OC(CO)C(OC2OC(CO)C(OC3OC(CO)C(O)C(O)C3O)C(O)C2O)C(O)C1O)NC(=O)CCCCCCCCCCCCCCCCCCCCCCCCC/C=C\CCCCCCCCCC. The van der Waals surface area contributed by atoms with Gasteiger partial charge in [0.2, 0.25) is 5.91 Å². The zero-order valence-corrected chi connectivity index (χ0v) is 57.7. The summed E-state index contributed by atoms with van der Waals surface area (Å²) in [4.78, 5) is 13.4. The molecule has 19 nitrogen and oxygen atoms in total. The minimum absolute atomic E-state index is 0.234. The molecule has 544 valence electrons. The van der Waals surface area contributed by atoms with Gasteiger partial charge in [0.1, 0.15) is 73.2 Å². The molecule has 0 aromatic rings. The summed E-state index contributed by atoms with van der Waals surface area (Å²) in [6, 6.07) is -0.995. The lowest BCUT2D eigenvalue weighted by atomic mass is 9.96. The summed E-state index contributed by atoms with van der Waals surface area (Å²) in [5, 5.41) is 120. The smallest absolute Gasteiger partial charge is 0.220 e. The predicted octanol–water partition coefficient (Wildman–Crippen LogP) is 10.9. The number of hydrogen-bond donors (Lipinski definition) is 12. The summed E-state index contributed by atoms with van der Waals surface area (Å²) in [6.07, 6.45) is 41.3. The molecule has 17 unspecified atom stereocenters. The Morgan fingerprint density at radius 3 is 1.10 bits per heavy atom. The Hall–Kier alpha value is -2.25. The predicted molar refractivity (Wildman–Crippen MR) is 365 cm³/mol. The Bertz CT molecular complexity index is 1870. The van der Waals surface area contributed by atoms with E-state index in [1.165, 1.54) is 205 Å². The molecular formula is C74H135NO18. The molecule has 3 aliphatic rings. The average Bonchev–Trinajstić information content (AvgIpc) is 1.62. The second kappa shape index (κ2) is 55.6. The summed E-state index contributed by atoms with van der Waals surface area (Å²) in [6.45, 7) is 1.68. The van der Waals surface area contributed by atoms with Gasteiger partial charge in [-0.3, -0.25) is 4.79 Å². The fourth-order valence-corrected chi connectivity index (χ4v) is 12.5. The van der Waals surface area contributed by atoms with Gasteiger partial charge in [-0.15, -0.1) is 0 Å². The molecule has 0 saturated carbocycles. The number of rotatable bonds is 58. The summed E-state index contributed by atoms with van der Waals surface area (Å²) < 4.78 is 34.3. The van der Waals surface area contributed by atoms with Crippen molar-refractivity contribution in [3.63, 3.8) is 0 Å². The van der Waals surface area contributed by atoms with Crippen LogP contribution in [0, 0.1) is 0 Å². The topological polar surface area (TPSA) is 307 Å². The minimum atomic E-state index is -1.98. The van der Waals surface area contributed by atoms with Crippen molar-refractivity contribution in [1.29, 1.82) is 0 Å². The Balaban J connectivity index is 1.32. The van der Waals surface area contributed by atoms with Gasteiger partial charge in [-0.2, -0.15) is 0 Å². The molecule has 3 fully saturated rings. The Kier molecular flexibility index (Phi) is 50.8. The first-order chi connectivity index (χ1) is 45.3. The molecule has 3 saturated heterocycles. The standard InChI is InChI=1S/C74H135NO18/c1-3-5-7-9-11-13-15-17-18-19-20-21-22-23-24-25-26-27-28-29-30-31-32-33-34-35-36-37-38-40-42-44-46-48-50-52-62(80)75-57(58(79)51-49-47-45-43-41-39-16-14-12-10-8-6-4-2)56-88-72-68(86)65(83)70(60(54-77)90-72)93-74-69(87)66(84)71(61(55-78)91-74)92-73-67(85)64(82)63(81)59(53-76)89-73/h12,14,19-20,41,43,49,51,57-61,63-74,76-79,81-87H,3-11,13,15-18,21-40,42,44-48,50,52-56H2,1-2H3,(H,75,80)/b14-12+,20-19-,43-41+,51-49+. The number of aliphatic hydroxyl groups is 11. The molecule has 3 rings (SSSR count). The van der Waals surface area contributed by atoms with Crippen LogP contribution in [-0.2, 0) is 33.2 Å². The zero-order valence-electron chi connectivity index (χ0n) is 57.7. The monoisotopic (exact) mass is 1330 g/mol. The van der Waals surface area contributed by atoms with Crippen LogP contribution in [0.5, 0.6) is 0 Å². The summed E-state index contributed by atoms with van der Waals surface area (Å²) in [7, 11) is 0. The van der Waals surface area contributed by atoms with Crippen molar-refractivity contribution in [3.8, 4) is 0 Å². The van der Waals surface area contributed by atoms with E-state index in [9.17, 15) is 61.0 Å². The second-order valence-electron chi connectivity index (χ2n) is 26.7. The Morgan fingerprint density at radius 1 is 0.376 bits per heavy atom. The molecule has 0 aromatic carbocycles. The number of unbranched alkanes of at least 4 members (excludes halogenated alkanes) is 36. The van der Waals surface area contributed by atoms with E-state index >= 15 is 0 Å². The third-order valence-electron chi connectivity index (χ3n) is 18.6. The molecule has 3 aliphatic heterocycles. The van der Waals surface area contributed by atoms with E-state index in [0.717, 1.165) is 44.9 Å². The van der Waals surface area contributed by atoms with Gasteiger partial charge in [-0.05, 0) is 70.6 Å². The molecule has 17 atom stereocenters. The summed E-state index contributed by atoms with van der Waals surface area (Å²) in [5.74, 6) is -0.287. The number of carbonyl (C=O) groups excluding carboxylic acids is 1. The fourth-order valence-electron chi connectivity index (χ4n) is 12.5. The van der Waals surface area contributed by atoms with Crippen LogP contribution in [0.4, 0.5) is 0 Å². The molecule has 0 bridgehead atoms. The van der Waals surface area contributed by atoms with Gasteiger partial charge >= 0.3 is 0 Å². The molecule has 12 N–H and O–H groups in total. The molecule has 0 spiro atoms. The van der Waals surface area contributed by atoms with E-state index in [4.69, 9.17) is 28.4 Å². The van der Waals surface area contributed by atoms with Crippen LogP contribution in [-0.4, -0.2) is 193 Å². The Morgan fingerprint density at radius 2 is 0.688 bits per heavy atom. The van der Waals surface area contributed by atoms with E-state index in [2.05, 4.69) is 55.6 Å². The number of nitrogens with one attached hydrogen (secondary N) is 1. The molecule has 0 radical (unpaired) electrons. The van der Waals surface area contributed by atoms with Gasteiger partial charge in [0.05, 0.1) is 38.6 Å². The molecule has 0 aliphatic carbocycles. The highest BCUT2D eigenvalue weighted by Gasteiger charge is 2.53. The van der Waals surface area contributed by atoms with Gasteiger partial charge in [-0.25, -0.2) is 0 Å². The molecule has 3 heterocycles. The van der Waals surface area contributed by atoms with Crippen LogP contribution in [0.3, 0.4) is 0 Å². The lowest BCUT2D eigenvalue weighted by Gasteiger charge is -2.48. The highest BCUT2D eigenvalue weighted by molar-refractivity contribution is 5.76. The van der Waals surface area contributed by atoms with Crippen LogP contribution >= 0.6 is 0 Å². The highest BCUT2D eigenvalue weighted by Crippen LogP contribution is 2.33. The van der Waals surface area contributed by atoms with Crippen LogP contribution in [0.15, 0.2) is 48.6 Å². The number of allylic oxidation sites excluding steroid dienone is 7. The molecule has 1 amide bonds. The molecule has 93 heavy (non-hydrogen) atoms. The van der Waals surface area contributed by atoms with E-state index in [1.54, 1.807) is 6.08 Å². The summed E-state index contributed by atoms with van der Waals surface area (Å²) >= 11 is 0. The van der Waals surface area contributed by atoms with E-state index < -0.39 is 124 Å². The van der Waals surface area contributed by atoms with Crippen molar-refractivity contribution < 1.29 is 89.4 Å². The van der Waals surface area contributed by atoms with Gasteiger partial charge in [0, 0.05) is 6.42 Å². The van der Waals surface area contributed by atoms with E-state index in [1.807, 2.05) is 6.08 Å².